The first kappa shape index (κ1) is 12.2. The van der Waals surface area contributed by atoms with Crippen molar-refractivity contribution >= 4 is 17.2 Å². The van der Waals surface area contributed by atoms with Crippen LogP contribution in [0, 0.1) is 22.2 Å². The van der Waals surface area contributed by atoms with Crippen LogP contribution in [0.1, 0.15) is 5.56 Å². The second kappa shape index (κ2) is 4.65. The minimum Gasteiger partial charge on any atom is -0.356 e. The molecule has 1 aliphatic heterocycles. The van der Waals surface area contributed by atoms with Crippen molar-refractivity contribution in [2.45, 2.75) is 6.54 Å². The van der Waals surface area contributed by atoms with E-state index in [1.54, 1.807) is 25.1 Å². The van der Waals surface area contributed by atoms with Gasteiger partial charge in [-0.25, -0.2) is 4.98 Å². The highest BCUT2D eigenvalue weighted by Gasteiger charge is 2.16. The smallest absolute Gasteiger partial charge is 0.269 e. The van der Waals surface area contributed by atoms with Gasteiger partial charge in [0.2, 0.25) is 0 Å². The normalized spacial score (nSPS) is 12.4. The van der Waals surface area contributed by atoms with Crippen LogP contribution in [-0.4, -0.2) is 14.5 Å². The second-order valence-electron chi connectivity index (χ2n) is 4.30. The second-order valence-corrected chi connectivity index (χ2v) is 4.30. The summed E-state index contributed by atoms with van der Waals surface area (Å²) in [5.74, 6) is 0.753. The van der Waals surface area contributed by atoms with Crippen LogP contribution in [0.4, 0.5) is 17.2 Å². The van der Waals surface area contributed by atoms with E-state index in [1.165, 1.54) is 12.1 Å². The van der Waals surface area contributed by atoms with Crippen molar-refractivity contribution in [1.82, 2.24) is 9.55 Å². The lowest BCUT2D eigenvalue weighted by Gasteiger charge is -2.11. The molecule has 0 bridgehead atoms. The largest absolute Gasteiger partial charge is 0.356 e. The molecule has 0 aliphatic carbocycles. The maximum absolute atomic E-state index is 10.6. The molecule has 0 saturated heterocycles. The van der Waals surface area contributed by atoms with Crippen LogP contribution in [0.3, 0.4) is 0 Å². The average Bonchev–Trinajstić information content (AvgIpc) is 2.93. The third-order valence-electron chi connectivity index (χ3n) is 3.01. The van der Waals surface area contributed by atoms with Gasteiger partial charge in [0.1, 0.15) is 18.2 Å². The lowest BCUT2D eigenvalue weighted by molar-refractivity contribution is -0.384. The van der Waals surface area contributed by atoms with Gasteiger partial charge in [0.05, 0.1) is 17.8 Å². The number of rotatable bonds is 3. The number of non-ortho nitro benzene ring substituents is 1. The molecule has 20 heavy (non-hydrogen) atoms. The van der Waals surface area contributed by atoms with Crippen LogP contribution in [0.15, 0.2) is 30.6 Å². The maximum atomic E-state index is 10.6. The van der Waals surface area contributed by atoms with Gasteiger partial charge in [0.15, 0.2) is 5.49 Å². The fraction of sp³-hybridized carbons (Fsp3) is 0.0833. The first-order valence-electron chi connectivity index (χ1n) is 5.87. The summed E-state index contributed by atoms with van der Waals surface area (Å²) in [5, 5.41) is 24.2. The molecule has 2 heterocycles. The number of fused-ring (bicyclic) bond motifs is 1. The van der Waals surface area contributed by atoms with Crippen molar-refractivity contribution in [3.8, 4) is 0 Å². The Labute approximate surface area is 113 Å². The van der Waals surface area contributed by atoms with Gasteiger partial charge in [0, 0.05) is 12.1 Å². The number of hydrogen-bond donors (Lipinski definition) is 3. The summed E-state index contributed by atoms with van der Waals surface area (Å²) in [6.45, 7) is 2.15. The van der Waals surface area contributed by atoms with E-state index in [0.717, 1.165) is 11.4 Å². The Hall–Kier alpha value is -2.90. The molecule has 8 nitrogen and oxygen atoms in total. The zero-order valence-electron chi connectivity index (χ0n) is 10.3. The number of nitrogens with one attached hydrogen (secondary N) is 3. The van der Waals surface area contributed by atoms with Crippen LogP contribution in [0.2, 0.25) is 0 Å². The van der Waals surface area contributed by atoms with E-state index in [1.807, 2.05) is 4.57 Å². The van der Waals surface area contributed by atoms with Crippen molar-refractivity contribution < 1.29 is 4.92 Å². The monoisotopic (exact) mass is 271 g/mol. The molecular weight excluding hydrogens is 260 g/mol. The standard InChI is InChI=1S/C12H11N6O2/c13-11-10-12(15-6-14-10)17(7-16-11)5-8-1-3-9(4-2-8)18(19)20/h1-4,6-7,13-15H,5H2. The summed E-state index contributed by atoms with van der Waals surface area (Å²) in [6, 6.07) is 6.36. The molecule has 3 rings (SSSR count). The van der Waals surface area contributed by atoms with Crippen molar-refractivity contribution in [2.24, 2.45) is 0 Å². The molecular formula is C12H11N6O2. The molecule has 0 fully saturated rings. The highest BCUT2D eigenvalue weighted by atomic mass is 16.6. The lowest BCUT2D eigenvalue weighted by Crippen LogP contribution is -2.14. The Bertz CT molecular complexity index is 722. The van der Waals surface area contributed by atoms with E-state index in [-0.39, 0.29) is 11.2 Å². The van der Waals surface area contributed by atoms with Crippen LogP contribution < -0.4 is 16.1 Å². The summed E-state index contributed by atoms with van der Waals surface area (Å²) >= 11 is 0. The average molecular weight is 271 g/mol. The van der Waals surface area contributed by atoms with E-state index >= 15 is 0 Å². The minimum atomic E-state index is -0.425. The van der Waals surface area contributed by atoms with E-state index in [4.69, 9.17) is 5.41 Å². The molecule has 2 aromatic rings. The van der Waals surface area contributed by atoms with Gasteiger partial charge in [-0.3, -0.25) is 15.5 Å². The Morgan fingerprint density at radius 2 is 2.05 bits per heavy atom. The summed E-state index contributed by atoms with van der Waals surface area (Å²) in [5.41, 5.74) is 1.77. The van der Waals surface area contributed by atoms with Crippen LogP contribution in [0.5, 0.6) is 0 Å². The van der Waals surface area contributed by atoms with E-state index in [0.29, 0.717) is 12.2 Å². The maximum Gasteiger partial charge on any atom is 0.269 e. The topological polar surface area (TPSA) is 109 Å². The third-order valence-corrected chi connectivity index (χ3v) is 3.01. The number of anilines is 2. The van der Waals surface area contributed by atoms with Gasteiger partial charge < -0.3 is 15.2 Å². The van der Waals surface area contributed by atoms with E-state index in [2.05, 4.69) is 15.6 Å². The van der Waals surface area contributed by atoms with Crippen molar-refractivity contribution in [3.05, 3.63) is 58.4 Å². The summed E-state index contributed by atoms with van der Waals surface area (Å²) in [6.07, 6.45) is 1.57. The number of hydrogen-bond acceptors (Lipinski definition) is 6. The predicted octanol–water partition coefficient (Wildman–Crippen LogP) is 1.28. The van der Waals surface area contributed by atoms with E-state index < -0.39 is 4.92 Å². The molecule has 1 aliphatic rings. The van der Waals surface area contributed by atoms with Gasteiger partial charge in [0.25, 0.3) is 5.69 Å². The Balaban J connectivity index is 1.90. The fourth-order valence-corrected chi connectivity index (χ4v) is 2.01. The van der Waals surface area contributed by atoms with Gasteiger partial charge in [-0.15, -0.1) is 0 Å². The number of nitro groups is 1. The zero-order chi connectivity index (χ0) is 14.1. The summed E-state index contributed by atoms with van der Waals surface area (Å²) < 4.78 is 1.84. The van der Waals surface area contributed by atoms with Crippen molar-refractivity contribution in [3.63, 3.8) is 0 Å². The molecule has 0 atom stereocenters. The SMILES string of the molecule is N=c1ncn(Cc2ccc([N+](=O)[O-])cc2)c2c1N[CH]N2. The Morgan fingerprint density at radius 3 is 2.75 bits per heavy atom. The highest BCUT2D eigenvalue weighted by molar-refractivity contribution is 5.70. The molecule has 8 heteroatoms. The lowest BCUT2D eigenvalue weighted by atomic mass is 10.2. The Morgan fingerprint density at radius 1 is 1.30 bits per heavy atom. The molecule has 0 saturated carbocycles. The van der Waals surface area contributed by atoms with Crippen LogP contribution >= 0.6 is 0 Å². The molecule has 0 spiro atoms. The fourth-order valence-electron chi connectivity index (χ4n) is 2.01. The van der Waals surface area contributed by atoms with Gasteiger partial charge in [-0.05, 0) is 5.56 Å². The van der Waals surface area contributed by atoms with Crippen molar-refractivity contribution in [2.75, 3.05) is 10.6 Å². The van der Waals surface area contributed by atoms with E-state index in [9.17, 15) is 10.1 Å². The van der Waals surface area contributed by atoms with Gasteiger partial charge in [-0.2, -0.15) is 0 Å². The minimum absolute atomic E-state index is 0.0664. The van der Waals surface area contributed by atoms with Crippen LogP contribution in [0.25, 0.3) is 0 Å². The first-order chi connectivity index (χ1) is 9.65. The quantitative estimate of drug-likeness (QED) is 0.575. The number of nitro benzene ring substituents is 1. The molecule has 1 aromatic carbocycles. The third kappa shape index (κ3) is 2.07. The highest BCUT2D eigenvalue weighted by Crippen LogP contribution is 2.23. The number of benzene rings is 1. The van der Waals surface area contributed by atoms with Gasteiger partial charge in [-0.1, -0.05) is 12.1 Å². The molecule has 1 aromatic heterocycles. The first-order valence-corrected chi connectivity index (χ1v) is 5.87. The summed E-state index contributed by atoms with van der Waals surface area (Å²) in [7, 11) is 0. The number of aromatic nitrogens is 2. The Kier molecular flexibility index (Phi) is 2.82. The molecule has 3 N–H and O–H groups in total. The number of nitrogens with zero attached hydrogens (tertiary/aromatic N) is 3. The van der Waals surface area contributed by atoms with Crippen molar-refractivity contribution in [1.29, 1.82) is 5.41 Å². The van der Waals surface area contributed by atoms with Crippen LogP contribution in [-0.2, 0) is 6.54 Å². The molecule has 0 amide bonds. The van der Waals surface area contributed by atoms with Gasteiger partial charge >= 0.3 is 0 Å². The zero-order valence-corrected chi connectivity index (χ0v) is 10.3. The molecule has 1 radical (unpaired) electrons. The predicted molar refractivity (Wildman–Crippen MR) is 71.8 cm³/mol. The summed E-state index contributed by atoms with van der Waals surface area (Å²) in [4.78, 5) is 14.2. The molecule has 0 unspecified atom stereocenters. The molecule has 101 valence electrons.